The predicted octanol–water partition coefficient (Wildman–Crippen LogP) is 2.24. The zero-order valence-electron chi connectivity index (χ0n) is 23.3. The number of carbonyl (C=O) groups excluding carboxylic acids is 3. The molecule has 2 fully saturated rings. The second kappa shape index (κ2) is 13.6. The van der Waals surface area contributed by atoms with Gasteiger partial charge in [0.15, 0.2) is 5.79 Å². The Bertz CT molecular complexity index is 1440. The number of halogens is 1. The van der Waals surface area contributed by atoms with Crippen molar-refractivity contribution in [3.63, 3.8) is 0 Å². The Morgan fingerprint density at radius 3 is 2.55 bits per heavy atom. The molecule has 4 heterocycles. The molecule has 1 atom stereocenters. The van der Waals surface area contributed by atoms with Crippen LogP contribution in [0.2, 0.25) is 0 Å². The molecule has 0 saturated carbocycles. The maximum Gasteiger partial charge on any atom is 0.243 e. The van der Waals surface area contributed by atoms with Gasteiger partial charge in [-0.25, -0.2) is 4.39 Å². The number of carbonyl (C=O) groups is 3. The monoisotopic (exact) mass is 596 g/mol. The number of ether oxygens (including phenoxy) is 2. The Labute approximate surface area is 246 Å². The van der Waals surface area contributed by atoms with Crippen LogP contribution >= 0.6 is 11.3 Å². The molecule has 2 aliphatic rings. The van der Waals surface area contributed by atoms with Crippen LogP contribution in [0.5, 0.6) is 0 Å². The Balaban J connectivity index is 0.000000227. The molecule has 2 aromatic heterocycles. The van der Waals surface area contributed by atoms with E-state index >= 15 is 0 Å². The number of thiophene rings is 1. The number of hydrogen-bond donors (Lipinski definition) is 4. The van der Waals surface area contributed by atoms with Gasteiger partial charge in [-0.3, -0.25) is 24.8 Å². The van der Waals surface area contributed by atoms with E-state index in [0.29, 0.717) is 30.9 Å². The topological polar surface area (TPSA) is 160 Å². The molecule has 13 heteroatoms. The Kier molecular flexibility index (Phi) is 9.99. The number of amides is 3. The van der Waals surface area contributed by atoms with Crippen LogP contribution in [0.4, 0.5) is 4.39 Å². The molecule has 2 saturated heterocycles. The zero-order valence-corrected chi connectivity index (χ0v) is 24.1. The molecule has 42 heavy (non-hydrogen) atoms. The quantitative estimate of drug-likeness (QED) is 0.176. The largest absolute Gasteiger partial charge is 0.384 e. The van der Waals surface area contributed by atoms with Crippen molar-refractivity contribution in [2.75, 3.05) is 26.3 Å². The summed E-state index contributed by atoms with van der Waals surface area (Å²) in [5.41, 5.74) is 9.49. The van der Waals surface area contributed by atoms with Gasteiger partial charge in [0.05, 0.1) is 38.5 Å². The first-order chi connectivity index (χ1) is 20.1. The van der Waals surface area contributed by atoms with Gasteiger partial charge in [0, 0.05) is 34.0 Å². The summed E-state index contributed by atoms with van der Waals surface area (Å²) < 4.78 is 24.6. The van der Waals surface area contributed by atoms with Crippen molar-refractivity contribution < 1.29 is 28.2 Å². The van der Waals surface area contributed by atoms with Crippen molar-refractivity contribution in [1.29, 1.82) is 5.41 Å². The van der Waals surface area contributed by atoms with Crippen LogP contribution in [0.1, 0.15) is 28.1 Å². The first-order valence-corrected chi connectivity index (χ1v) is 14.1. The van der Waals surface area contributed by atoms with Crippen LogP contribution in [-0.4, -0.2) is 72.1 Å². The van der Waals surface area contributed by atoms with Crippen LogP contribution in [0, 0.1) is 25.1 Å². The zero-order chi connectivity index (χ0) is 30.3. The highest BCUT2D eigenvalue weighted by molar-refractivity contribution is 7.10. The van der Waals surface area contributed by atoms with Crippen molar-refractivity contribution in [3.8, 4) is 11.1 Å². The van der Waals surface area contributed by atoms with Crippen molar-refractivity contribution in [2.45, 2.75) is 38.6 Å². The van der Waals surface area contributed by atoms with Crippen molar-refractivity contribution >= 4 is 35.4 Å². The van der Waals surface area contributed by atoms with Gasteiger partial charge in [-0.15, -0.1) is 11.3 Å². The number of pyridine rings is 1. The third-order valence-electron chi connectivity index (χ3n) is 6.88. The van der Waals surface area contributed by atoms with Crippen LogP contribution in [0.25, 0.3) is 11.1 Å². The second-order valence-corrected chi connectivity index (χ2v) is 10.9. The Hall–Kier alpha value is -4.20. The highest BCUT2D eigenvalue weighted by Crippen LogP contribution is 2.35. The number of hydrogen-bond acceptors (Lipinski definition) is 8. The number of aryl methyl sites for hydroxylation is 2. The Morgan fingerprint density at radius 1 is 1.21 bits per heavy atom. The third-order valence-corrected chi connectivity index (χ3v) is 7.81. The highest BCUT2D eigenvalue weighted by Gasteiger charge is 2.52. The van der Waals surface area contributed by atoms with E-state index < -0.39 is 11.8 Å². The Morgan fingerprint density at radius 2 is 1.93 bits per heavy atom. The van der Waals surface area contributed by atoms with Gasteiger partial charge >= 0.3 is 0 Å². The molecule has 3 aromatic rings. The summed E-state index contributed by atoms with van der Waals surface area (Å²) in [5.74, 6) is -1.97. The van der Waals surface area contributed by atoms with E-state index in [4.69, 9.17) is 20.6 Å². The molecule has 11 nitrogen and oxygen atoms in total. The van der Waals surface area contributed by atoms with E-state index in [2.05, 4.69) is 15.6 Å². The minimum absolute atomic E-state index is 0.0310. The SMILES string of the molecule is Cc1ccc(-c2cnc(C)c(F)c2)cc1.N=C(N)c1csc(CNC(=O)C2CC3(CN2C(=O)CNC=O)OCCO3)c1. The van der Waals surface area contributed by atoms with Gasteiger partial charge in [0.25, 0.3) is 0 Å². The molecule has 222 valence electrons. The fraction of sp³-hybridized carbons (Fsp3) is 0.345. The van der Waals surface area contributed by atoms with E-state index in [-0.39, 0.29) is 49.5 Å². The third kappa shape index (κ3) is 7.55. The molecule has 1 spiro atoms. The highest BCUT2D eigenvalue weighted by atomic mass is 32.1. The molecule has 5 N–H and O–H groups in total. The minimum atomic E-state index is -0.969. The van der Waals surface area contributed by atoms with Gasteiger partial charge in [0.1, 0.15) is 17.7 Å². The number of benzene rings is 1. The summed E-state index contributed by atoms with van der Waals surface area (Å²) in [4.78, 5) is 41.8. The standard InChI is InChI=1S/C16H21N5O5S.C13H12FN/c17-14(18)10-3-11(27-7-10)5-20-15(24)12-4-16(25-1-2-26-16)8-21(12)13(23)6-19-9-22;1-9-3-5-11(6-4-9)12-7-13(14)10(2)15-8-12/h3,7,9,12H,1-2,4-6,8H2,(H3,17,18)(H,19,22)(H,20,24);3-8H,1-2H3. The number of rotatable bonds is 8. The maximum absolute atomic E-state index is 13.3. The van der Waals surface area contributed by atoms with E-state index in [1.54, 1.807) is 24.6 Å². The lowest BCUT2D eigenvalue weighted by molar-refractivity contribution is -0.152. The molecule has 3 amide bonds. The number of aromatic nitrogens is 1. The number of nitrogen functional groups attached to an aromatic ring is 1. The average molecular weight is 597 g/mol. The normalized spacial score (nSPS) is 16.9. The summed E-state index contributed by atoms with van der Waals surface area (Å²) in [5, 5.41) is 14.3. The summed E-state index contributed by atoms with van der Waals surface area (Å²) in [7, 11) is 0. The smallest absolute Gasteiger partial charge is 0.243 e. The number of nitrogens with one attached hydrogen (secondary N) is 3. The lowest BCUT2D eigenvalue weighted by atomic mass is 10.1. The van der Waals surface area contributed by atoms with Crippen LogP contribution in [0.3, 0.4) is 0 Å². The summed E-state index contributed by atoms with van der Waals surface area (Å²) in [6.07, 6.45) is 2.36. The van der Waals surface area contributed by atoms with Crippen LogP contribution in [0.15, 0.2) is 48.0 Å². The lowest BCUT2D eigenvalue weighted by Gasteiger charge is -2.23. The summed E-state index contributed by atoms with van der Waals surface area (Å²) in [6.45, 7) is 4.70. The minimum Gasteiger partial charge on any atom is -0.384 e. The van der Waals surface area contributed by atoms with Gasteiger partial charge in [-0.05, 0) is 31.5 Å². The molecule has 2 aliphatic heterocycles. The predicted molar refractivity (Wildman–Crippen MR) is 155 cm³/mol. The number of likely N-dealkylation sites (tertiary alicyclic amines) is 1. The van der Waals surface area contributed by atoms with Crippen molar-refractivity contribution in [3.05, 3.63) is 75.5 Å². The molecular weight excluding hydrogens is 563 g/mol. The summed E-state index contributed by atoms with van der Waals surface area (Å²) >= 11 is 1.39. The van der Waals surface area contributed by atoms with E-state index in [1.807, 2.05) is 31.2 Å². The van der Waals surface area contributed by atoms with Gasteiger partial charge in [0.2, 0.25) is 18.2 Å². The van der Waals surface area contributed by atoms with Crippen LogP contribution < -0.4 is 16.4 Å². The van der Waals surface area contributed by atoms with E-state index in [0.717, 1.165) is 16.0 Å². The van der Waals surface area contributed by atoms with Gasteiger partial charge in [-0.2, -0.15) is 0 Å². The maximum atomic E-state index is 13.3. The molecule has 0 aliphatic carbocycles. The number of nitrogens with two attached hydrogens (primary N) is 1. The first-order valence-electron chi connectivity index (χ1n) is 13.2. The molecule has 0 bridgehead atoms. The molecular formula is C29H33FN6O5S. The van der Waals surface area contributed by atoms with E-state index in [1.165, 1.54) is 27.9 Å². The fourth-order valence-electron chi connectivity index (χ4n) is 4.59. The van der Waals surface area contributed by atoms with E-state index in [9.17, 15) is 18.8 Å². The fourth-order valence-corrected chi connectivity index (χ4v) is 5.41. The lowest BCUT2D eigenvalue weighted by Crippen LogP contribution is -2.48. The second-order valence-electron chi connectivity index (χ2n) is 9.94. The number of amidine groups is 1. The van der Waals surface area contributed by atoms with Crippen molar-refractivity contribution in [2.24, 2.45) is 5.73 Å². The average Bonchev–Trinajstić information content (AvgIpc) is 3.73. The number of nitrogens with zero attached hydrogens (tertiary/aromatic N) is 2. The first kappa shape index (κ1) is 30.8. The van der Waals surface area contributed by atoms with Gasteiger partial charge < -0.3 is 30.7 Å². The molecule has 1 unspecified atom stereocenters. The molecule has 0 radical (unpaired) electrons. The molecule has 5 rings (SSSR count). The summed E-state index contributed by atoms with van der Waals surface area (Å²) in [6, 6.07) is 10.5. The molecule has 1 aromatic carbocycles. The van der Waals surface area contributed by atoms with Crippen molar-refractivity contribution in [1.82, 2.24) is 20.5 Å². The van der Waals surface area contributed by atoms with Gasteiger partial charge in [-0.1, -0.05) is 29.8 Å². The van der Waals surface area contributed by atoms with Crippen LogP contribution in [-0.2, 0) is 30.4 Å².